The number of piperazine rings is 1. The summed E-state index contributed by atoms with van der Waals surface area (Å²) in [5.74, 6) is 0. The number of rotatable bonds is 4. The summed E-state index contributed by atoms with van der Waals surface area (Å²) in [6.45, 7) is 6.91. The molecule has 2 atom stereocenters. The third-order valence-corrected chi connectivity index (χ3v) is 7.17. The third kappa shape index (κ3) is 7.45. The molecule has 0 amide bonds. The molecule has 176 valence electrons. The molecule has 4 rings (SSSR count). The lowest BCUT2D eigenvalue weighted by molar-refractivity contribution is 0.0541. The zero-order valence-corrected chi connectivity index (χ0v) is 20.8. The lowest BCUT2D eigenvalue weighted by Gasteiger charge is -2.40. The van der Waals surface area contributed by atoms with Crippen LogP contribution in [0.5, 0.6) is 0 Å². The molecule has 1 saturated heterocycles. The van der Waals surface area contributed by atoms with E-state index in [1.54, 1.807) is 0 Å². The van der Waals surface area contributed by atoms with E-state index < -0.39 is 10.1 Å². The zero-order chi connectivity index (χ0) is 23.3. The molecule has 9 heteroatoms. The third-order valence-electron chi connectivity index (χ3n) is 5.72. The quantitative estimate of drug-likeness (QED) is 0.617. The second-order valence-electron chi connectivity index (χ2n) is 8.24. The zero-order valence-electron chi connectivity index (χ0n) is 18.4. The van der Waals surface area contributed by atoms with Crippen molar-refractivity contribution < 1.29 is 18.1 Å². The Morgan fingerprint density at radius 2 is 1.78 bits per heavy atom. The Hall–Kier alpha value is -1.13. The van der Waals surface area contributed by atoms with Crippen LogP contribution in [0.15, 0.2) is 52.3 Å². The predicted octanol–water partition coefficient (Wildman–Crippen LogP) is 3.98. The Morgan fingerprint density at radius 1 is 1.12 bits per heavy atom. The van der Waals surface area contributed by atoms with Gasteiger partial charge in [0.1, 0.15) is 0 Å². The van der Waals surface area contributed by atoms with Crippen molar-refractivity contribution >= 4 is 33.5 Å². The van der Waals surface area contributed by atoms with E-state index in [2.05, 4.69) is 46.2 Å². The summed E-state index contributed by atoms with van der Waals surface area (Å²) in [6, 6.07) is 15.4. The van der Waals surface area contributed by atoms with Crippen LogP contribution in [0.1, 0.15) is 30.5 Å². The van der Waals surface area contributed by atoms with Gasteiger partial charge in [-0.15, -0.1) is 0 Å². The minimum absolute atomic E-state index is 0.211. The van der Waals surface area contributed by atoms with Gasteiger partial charge >= 0.3 is 0 Å². The van der Waals surface area contributed by atoms with E-state index in [1.807, 2.05) is 24.8 Å². The van der Waals surface area contributed by atoms with Crippen LogP contribution in [-0.2, 0) is 16.5 Å². The second-order valence-corrected chi connectivity index (χ2v) is 11.2. The molecule has 2 heterocycles. The highest BCUT2D eigenvalue weighted by molar-refractivity contribution is 7.99. The number of aliphatic hydroxyl groups is 1. The molecule has 32 heavy (non-hydrogen) atoms. The van der Waals surface area contributed by atoms with Gasteiger partial charge in [-0.1, -0.05) is 48.5 Å². The van der Waals surface area contributed by atoms with Crippen molar-refractivity contribution in [3.8, 4) is 0 Å². The topological polar surface area (TPSA) is 81.1 Å². The molecule has 0 radical (unpaired) electrons. The Bertz CT molecular complexity index is 1000. The average Bonchev–Trinajstić information content (AvgIpc) is 2.89. The fourth-order valence-corrected chi connectivity index (χ4v) is 5.39. The first kappa shape index (κ1) is 25.5. The first-order valence-electron chi connectivity index (χ1n) is 10.8. The summed E-state index contributed by atoms with van der Waals surface area (Å²) in [6.07, 6.45) is 2.35. The monoisotopic (exact) mass is 498 g/mol. The maximum Gasteiger partial charge on any atom is 0.261 e. The predicted molar refractivity (Wildman–Crippen MR) is 130 cm³/mol. The van der Waals surface area contributed by atoms with E-state index in [1.165, 1.54) is 20.9 Å². The maximum absolute atomic E-state index is 9.96. The van der Waals surface area contributed by atoms with Gasteiger partial charge in [-0.2, -0.15) is 8.42 Å². The van der Waals surface area contributed by atoms with E-state index >= 15 is 0 Å². The van der Waals surface area contributed by atoms with Gasteiger partial charge in [0.05, 0.1) is 12.4 Å². The highest BCUT2D eigenvalue weighted by atomic mass is 35.5. The molecule has 0 aliphatic carbocycles. The highest BCUT2D eigenvalue weighted by Crippen LogP contribution is 2.43. The van der Waals surface area contributed by atoms with Crippen molar-refractivity contribution in [2.24, 2.45) is 0 Å². The molecular weight excluding hydrogens is 468 g/mol. The van der Waals surface area contributed by atoms with E-state index in [-0.39, 0.29) is 6.10 Å². The molecule has 0 saturated carbocycles. The smallest absolute Gasteiger partial charge is 0.261 e. The van der Waals surface area contributed by atoms with E-state index in [4.69, 9.17) is 16.2 Å². The normalized spacial score (nSPS) is 20.3. The van der Waals surface area contributed by atoms with Gasteiger partial charge in [0.15, 0.2) is 0 Å². The van der Waals surface area contributed by atoms with Crippen LogP contribution in [0.2, 0.25) is 5.02 Å². The standard InChI is InChI=1S/C22H27ClN2OS.CH4O3S/c1-2-18(26)15-24-9-11-25(12-10-24)20-13-16-5-3-4-6-21(16)27-22-8-7-17(23)14-19(20)22;1-5(2,3)4/h3-8,14,18,20,26H,2,9-13,15H2,1H3;1H3,(H,2,3,4). The van der Waals surface area contributed by atoms with Crippen LogP contribution in [0, 0.1) is 0 Å². The molecule has 6 nitrogen and oxygen atoms in total. The maximum atomic E-state index is 9.96. The first-order chi connectivity index (χ1) is 15.1. The summed E-state index contributed by atoms with van der Waals surface area (Å²) in [7, 11) is -3.67. The molecule has 1 fully saturated rings. The van der Waals surface area contributed by atoms with Crippen LogP contribution in [0.25, 0.3) is 0 Å². The van der Waals surface area contributed by atoms with Crippen molar-refractivity contribution in [1.29, 1.82) is 0 Å². The van der Waals surface area contributed by atoms with E-state index in [0.29, 0.717) is 12.3 Å². The van der Waals surface area contributed by atoms with Crippen molar-refractivity contribution in [2.45, 2.75) is 41.7 Å². The Labute approximate surface area is 200 Å². The van der Waals surface area contributed by atoms with Crippen LogP contribution in [-0.4, -0.2) is 73.0 Å². The summed E-state index contributed by atoms with van der Waals surface area (Å²) in [5.41, 5.74) is 2.77. The van der Waals surface area contributed by atoms with Gasteiger partial charge in [0.2, 0.25) is 0 Å². The Kier molecular flexibility index (Phi) is 9.03. The van der Waals surface area contributed by atoms with Crippen LogP contribution in [0.4, 0.5) is 0 Å². The molecular formula is C23H31ClN2O4S2. The molecule has 0 aromatic heterocycles. The lowest BCUT2D eigenvalue weighted by atomic mass is 9.96. The van der Waals surface area contributed by atoms with Crippen molar-refractivity contribution in [1.82, 2.24) is 9.80 Å². The molecule has 2 unspecified atom stereocenters. The van der Waals surface area contributed by atoms with Crippen molar-refractivity contribution in [3.05, 3.63) is 58.6 Å². The molecule has 2 N–H and O–H groups in total. The van der Waals surface area contributed by atoms with Crippen LogP contribution >= 0.6 is 23.4 Å². The number of nitrogens with zero attached hydrogens (tertiary/aromatic N) is 2. The van der Waals surface area contributed by atoms with Crippen LogP contribution in [0.3, 0.4) is 0 Å². The molecule has 2 aliphatic rings. The van der Waals surface area contributed by atoms with Crippen LogP contribution < -0.4 is 0 Å². The first-order valence-corrected chi connectivity index (χ1v) is 13.8. The molecule has 2 aromatic rings. The van der Waals surface area contributed by atoms with Gasteiger partial charge in [-0.05, 0) is 48.2 Å². The number of aliphatic hydroxyl groups excluding tert-OH is 1. The number of fused-ring (bicyclic) bond motifs is 2. The second kappa shape index (κ2) is 11.3. The lowest BCUT2D eigenvalue weighted by Crippen LogP contribution is -2.49. The summed E-state index contributed by atoms with van der Waals surface area (Å²) < 4.78 is 25.9. The Morgan fingerprint density at radius 3 is 2.44 bits per heavy atom. The van der Waals surface area contributed by atoms with E-state index in [9.17, 15) is 13.5 Å². The van der Waals surface area contributed by atoms with Crippen molar-refractivity contribution in [3.63, 3.8) is 0 Å². The highest BCUT2D eigenvalue weighted by Gasteiger charge is 2.30. The summed E-state index contributed by atoms with van der Waals surface area (Å²) in [4.78, 5) is 7.67. The number of β-amino-alcohol motifs (C(OH)–C–C–N with tert-alkyl or cyclic N) is 1. The number of hydrogen-bond acceptors (Lipinski definition) is 6. The van der Waals surface area contributed by atoms with E-state index in [0.717, 1.165) is 50.6 Å². The fourth-order valence-electron chi connectivity index (χ4n) is 4.09. The summed E-state index contributed by atoms with van der Waals surface area (Å²) >= 11 is 8.24. The van der Waals surface area contributed by atoms with Gasteiger partial charge in [-0.3, -0.25) is 14.4 Å². The number of halogens is 1. The summed E-state index contributed by atoms with van der Waals surface area (Å²) in [5, 5.41) is 10.8. The van der Waals surface area contributed by atoms with Crippen molar-refractivity contribution in [2.75, 3.05) is 39.0 Å². The Balaban J connectivity index is 0.000000523. The molecule has 0 bridgehead atoms. The van der Waals surface area contributed by atoms with Gasteiger partial charge in [-0.25, -0.2) is 0 Å². The number of benzene rings is 2. The average molecular weight is 499 g/mol. The van der Waals surface area contributed by atoms with Gasteiger partial charge in [0.25, 0.3) is 10.1 Å². The number of hydrogen-bond donors (Lipinski definition) is 2. The minimum Gasteiger partial charge on any atom is -0.392 e. The molecule has 0 spiro atoms. The molecule has 2 aliphatic heterocycles. The minimum atomic E-state index is -3.67. The largest absolute Gasteiger partial charge is 0.392 e. The molecule has 2 aromatic carbocycles. The fraction of sp³-hybridized carbons (Fsp3) is 0.478. The SMILES string of the molecule is CCC(O)CN1CCN(C2Cc3ccccc3Sc3ccc(Cl)cc32)CC1.CS(=O)(=O)O. The van der Waals surface area contributed by atoms with Gasteiger partial charge in [0, 0.05) is 53.6 Å². The van der Waals surface area contributed by atoms with Gasteiger partial charge < -0.3 is 5.11 Å².